The molecule has 0 unspecified atom stereocenters. The highest BCUT2D eigenvalue weighted by Crippen LogP contribution is 2.03. The van der Waals surface area contributed by atoms with Crippen molar-refractivity contribution in [3.63, 3.8) is 0 Å². The van der Waals surface area contributed by atoms with E-state index in [1.807, 2.05) is 6.92 Å². The molecule has 0 aliphatic rings. The van der Waals surface area contributed by atoms with Gasteiger partial charge in [0.15, 0.2) is 0 Å². The Balaban J connectivity index is 3.79. The van der Waals surface area contributed by atoms with E-state index in [0.29, 0.717) is 6.42 Å². The summed E-state index contributed by atoms with van der Waals surface area (Å²) in [6.45, 7) is 4.81. The first kappa shape index (κ1) is 11.9. The van der Waals surface area contributed by atoms with Gasteiger partial charge in [-0.15, -0.1) is 0 Å². The van der Waals surface area contributed by atoms with Gasteiger partial charge >= 0.3 is 11.9 Å². The summed E-state index contributed by atoms with van der Waals surface area (Å²) in [6.07, 6.45) is 1.30. The Hall–Kier alpha value is -1.06. The smallest absolute Gasteiger partial charge is 0.303 e. The maximum atomic E-state index is 10.6. The van der Waals surface area contributed by atoms with Crippen molar-refractivity contribution >= 4 is 11.9 Å². The van der Waals surface area contributed by atoms with Gasteiger partial charge in [-0.05, 0) is 6.42 Å². The number of carbonyl (C=O) groups is 2. The minimum atomic E-state index is -0.353. The molecular weight excluding hydrogens is 172 g/mol. The van der Waals surface area contributed by atoms with Crippen LogP contribution in [-0.2, 0) is 19.1 Å². The molecule has 0 fully saturated rings. The average molecular weight is 188 g/mol. The topological polar surface area (TPSA) is 52.6 Å². The number of hydrogen-bond acceptors (Lipinski definition) is 4. The largest absolute Gasteiger partial charge is 0.462 e. The van der Waals surface area contributed by atoms with E-state index in [1.54, 1.807) is 0 Å². The molecule has 76 valence electrons. The summed E-state index contributed by atoms with van der Waals surface area (Å²) in [4.78, 5) is 21.1. The van der Waals surface area contributed by atoms with Crippen molar-refractivity contribution in [1.82, 2.24) is 0 Å². The molecule has 13 heavy (non-hydrogen) atoms. The monoisotopic (exact) mass is 188 g/mol. The third kappa shape index (κ3) is 7.31. The second-order valence-corrected chi connectivity index (χ2v) is 2.82. The van der Waals surface area contributed by atoms with E-state index in [-0.39, 0.29) is 24.6 Å². The molecule has 0 N–H and O–H groups in total. The lowest BCUT2D eigenvalue weighted by molar-refractivity contribution is -0.156. The zero-order chi connectivity index (χ0) is 10.3. The van der Waals surface area contributed by atoms with Crippen LogP contribution in [0.1, 0.15) is 33.6 Å². The fourth-order valence-electron chi connectivity index (χ4n) is 0.943. The highest BCUT2D eigenvalue weighted by molar-refractivity contribution is 5.67. The van der Waals surface area contributed by atoms with Crippen LogP contribution in [0.5, 0.6) is 0 Å². The maximum absolute atomic E-state index is 10.6. The van der Waals surface area contributed by atoms with Gasteiger partial charge in [0.2, 0.25) is 0 Å². The summed E-state index contributed by atoms with van der Waals surface area (Å²) >= 11 is 0. The van der Waals surface area contributed by atoms with Crippen molar-refractivity contribution in [2.75, 3.05) is 6.61 Å². The van der Waals surface area contributed by atoms with Crippen LogP contribution < -0.4 is 0 Å². The molecule has 0 saturated carbocycles. The molecule has 0 bridgehead atoms. The van der Waals surface area contributed by atoms with Crippen LogP contribution >= 0.6 is 0 Å². The van der Waals surface area contributed by atoms with E-state index in [1.165, 1.54) is 13.8 Å². The molecule has 0 aliphatic carbocycles. The molecular formula is C9H16O4. The number of ether oxygens (including phenoxy) is 2. The van der Waals surface area contributed by atoms with Crippen molar-refractivity contribution in [1.29, 1.82) is 0 Å². The highest BCUT2D eigenvalue weighted by atomic mass is 16.6. The molecule has 4 heteroatoms. The number of esters is 2. The lowest BCUT2D eigenvalue weighted by Crippen LogP contribution is -2.23. The highest BCUT2D eigenvalue weighted by Gasteiger charge is 2.12. The van der Waals surface area contributed by atoms with E-state index in [2.05, 4.69) is 0 Å². The van der Waals surface area contributed by atoms with E-state index in [4.69, 9.17) is 9.47 Å². The molecule has 0 radical (unpaired) electrons. The Morgan fingerprint density at radius 2 is 1.85 bits per heavy atom. The van der Waals surface area contributed by atoms with Gasteiger partial charge in [0.1, 0.15) is 12.7 Å². The van der Waals surface area contributed by atoms with Crippen LogP contribution in [0.3, 0.4) is 0 Å². The zero-order valence-electron chi connectivity index (χ0n) is 8.33. The first-order valence-electron chi connectivity index (χ1n) is 4.36. The summed E-state index contributed by atoms with van der Waals surface area (Å²) in [6, 6.07) is 0. The lowest BCUT2D eigenvalue weighted by Gasteiger charge is -2.15. The number of carbonyl (C=O) groups excluding carboxylic acids is 2. The summed E-state index contributed by atoms with van der Waals surface area (Å²) in [5, 5.41) is 0. The SMILES string of the molecule is CCC[C@H](COC(C)=O)OC(C)=O. The van der Waals surface area contributed by atoms with E-state index < -0.39 is 0 Å². The predicted molar refractivity (Wildman–Crippen MR) is 47.1 cm³/mol. The van der Waals surface area contributed by atoms with E-state index in [0.717, 1.165) is 6.42 Å². The van der Waals surface area contributed by atoms with Gasteiger partial charge in [-0.25, -0.2) is 0 Å². The predicted octanol–water partition coefficient (Wildman–Crippen LogP) is 1.28. The minimum absolute atomic E-state index is 0.156. The van der Waals surface area contributed by atoms with Crippen LogP contribution in [-0.4, -0.2) is 24.6 Å². The van der Waals surface area contributed by atoms with Crippen molar-refractivity contribution < 1.29 is 19.1 Å². The average Bonchev–Trinajstić information content (AvgIpc) is 1.99. The van der Waals surface area contributed by atoms with Crippen LogP contribution in [0.15, 0.2) is 0 Å². The van der Waals surface area contributed by atoms with Gasteiger partial charge in [-0.1, -0.05) is 13.3 Å². The van der Waals surface area contributed by atoms with Gasteiger partial charge in [-0.3, -0.25) is 9.59 Å². The van der Waals surface area contributed by atoms with Crippen LogP contribution in [0.4, 0.5) is 0 Å². The van der Waals surface area contributed by atoms with Crippen LogP contribution in [0.25, 0.3) is 0 Å². The molecule has 0 heterocycles. The fraction of sp³-hybridized carbons (Fsp3) is 0.778. The Bertz CT molecular complexity index is 176. The van der Waals surface area contributed by atoms with Crippen molar-refractivity contribution in [3.05, 3.63) is 0 Å². The second-order valence-electron chi connectivity index (χ2n) is 2.82. The van der Waals surface area contributed by atoms with Gasteiger partial charge < -0.3 is 9.47 Å². The number of hydrogen-bond donors (Lipinski definition) is 0. The molecule has 4 nitrogen and oxygen atoms in total. The van der Waals surface area contributed by atoms with Crippen LogP contribution in [0.2, 0.25) is 0 Å². The first-order chi connectivity index (χ1) is 6.06. The summed E-state index contributed by atoms with van der Waals surface area (Å²) < 4.78 is 9.67. The standard InChI is InChI=1S/C9H16O4/c1-4-5-9(13-8(3)11)6-12-7(2)10/h9H,4-6H2,1-3H3/t9-/m1/s1. The molecule has 1 atom stereocenters. The Morgan fingerprint density at radius 1 is 1.23 bits per heavy atom. The summed E-state index contributed by atoms with van der Waals surface area (Å²) in [5.74, 6) is -0.696. The molecule has 0 rings (SSSR count). The quantitative estimate of drug-likeness (QED) is 0.610. The Kier molecular flexibility index (Phi) is 5.93. The van der Waals surface area contributed by atoms with Crippen LogP contribution in [0, 0.1) is 0 Å². The summed E-state index contributed by atoms with van der Waals surface area (Å²) in [5.41, 5.74) is 0. The molecule has 0 aliphatic heterocycles. The maximum Gasteiger partial charge on any atom is 0.303 e. The first-order valence-corrected chi connectivity index (χ1v) is 4.36. The lowest BCUT2D eigenvalue weighted by atomic mass is 10.2. The molecule has 0 aromatic carbocycles. The number of rotatable bonds is 5. The Morgan fingerprint density at radius 3 is 2.23 bits per heavy atom. The van der Waals surface area contributed by atoms with Gasteiger partial charge in [-0.2, -0.15) is 0 Å². The third-order valence-electron chi connectivity index (χ3n) is 1.42. The second kappa shape index (κ2) is 6.46. The van der Waals surface area contributed by atoms with Crippen molar-refractivity contribution in [2.24, 2.45) is 0 Å². The van der Waals surface area contributed by atoms with Crippen molar-refractivity contribution in [3.8, 4) is 0 Å². The molecule has 0 aromatic heterocycles. The van der Waals surface area contributed by atoms with Crippen molar-refractivity contribution in [2.45, 2.75) is 39.7 Å². The van der Waals surface area contributed by atoms with Gasteiger partial charge in [0, 0.05) is 13.8 Å². The normalized spacial score (nSPS) is 11.9. The molecule has 0 saturated heterocycles. The van der Waals surface area contributed by atoms with Gasteiger partial charge in [0.25, 0.3) is 0 Å². The molecule has 0 amide bonds. The zero-order valence-corrected chi connectivity index (χ0v) is 8.33. The molecule has 0 spiro atoms. The summed E-state index contributed by atoms with van der Waals surface area (Å²) in [7, 11) is 0. The van der Waals surface area contributed by atoms with E-state index in [9.17, 15) is 9.59 Å². The minimum Gasteiger partial charge on any atom is -0.462 e. The fourth-order valence-corrected chi connectivity index (χ4v) is 0.943. The van der Waals surface area contributed by atoms with Gasteiger partial charge in [0.05, 0.1) is 0 Å². The third-order valence-corrected chi connectivity index (χ3v) is 1.42. The molecule has 0 aromatic rings. The van der Waals surface area contributed by atoms with E-state index >= 15 is 0 Å². The Labute approximate surface area is 78.2 Å².